The summed E-state index contributed by atoms with van der Waals surface area (Å²) in [7, 11) is 0. The van der Waals surface area contributed by atoms with Crippen molar-refractivity contribution in [1.29, 1.82) is 0 Å². The largest absolute Gasteiger partial charge is 0.493 e. The predicted octanol–water partition coefficient (Wildman–Crippen LogP) is 4.26. The van der Waals surface area contributed by atoms with Gasteiger partial charge in [-0.25, -0.2) is 0 Å². The molecule has 0 amide bonds. The lowest BCUT2D eigenvalue weighted by atomic mass is 9.89. The zero-order valence-corrected chi connectivity index (χ0v) is 10.9. The molecule has 2 bridgehead atoms. The summed E-state index contributed by atoms with van der Waals surface area (Å²) < 4.78 is 6.99. The molecule has 0 spiro atoms. The molecule has 2 aliphatic rings. The van der Waals surface area contributed by atoms with E-state index >= 15 is 0 Å². The molecule has 2 fully saturated rings. The number of ether oxygens (including phenoxy) is 1. The third kappa shape index (κ3) is 2.13. The monoisotopic (exact) mass is 280 g/mol. The molecule has 2 saturated carbocycles. The van der Waals surface area contributed by atoms with Crippen LogP contribution in [0, 0.1) is 17.8 Å². The minimum Gasteiger partial charge on any atom is -0.493 e. The van der Waals surface area contributed by atoms with Crippen LogP contribution in [0.2, 0.25) is 0 Å². The molecule has 86 valence electrons. The highest BCUT2D eigenvalue weighted by molar-refractivity contribution is 9.10. The van der Waals surface area contributed by atoms with Gasteiger partial charge in [0.15, 0.2) is 0 Å². The minimum absolute atomic E-state index is 0.817. The first-order valence-corrected chi connectivity index (χ1v) is 6.99. The number of fused-ring (bicyclic) bond motifs is 2. The third-order valence-electron chi connectivity index (χ3n) is 4.14. The first-order chi connectivity index (χ1) is 7.81. The van der Waals surface area contributed by atoms with E-state index in [1.807, 2.05) is 24.3 Å². The van der Waals surface area contributed by atoms with Gasteiger partial charge in [-0.05, 0) is 55.2 Å². The van der Waals surface area contributed by atoms with Crippen LogP contribution in [0.1, 0.15) is 25.7 Å². The molecule has 2 aliphatic carbocycles. The van der Waals surface area contributed by atoms with Crippen molar-refractivity contribution in [2.75, 3.05) is 6.61 Å². The van der Waals surface area contributed by atoms with E-state index < -0.39 is 0 Å². The van der Waals surface area contributed by atoms with Crippen LogP contribution in [-0.2, 0) is 0 Å². The van der Waals surface area contributed by atoms with Gasteiger partial charge in [-0.1, -0.05) is 28.4 Å². The van der Waals surface area contributed by atoms with Gasteiger partial charge in [0.1, 0.15) is 5.75 Å². The number of hydrogen-bond acceptors (Lipinski definition) is 1. The predicted molar refractivity (Wildman–Crippen MR) is 68.6 cm³/mol. The van der Waals surface area contributed by atoms with Crippen molar-refractivity contribution < 1.29 is 4.74 Å². The molecule has 0 aromatic heterocycles. The van der Waals surface area contributed by atoms with Crippen LogP contribution in [-0.4, -0.2) is 6.61 Å². The fourth-order valence-electron chi connectivity index (χ4n) is 3.34. The highest BCUT2D eigenvalue weighted by atomic mass is 79.9. The SMILES string of the molecule is Brc1cccc(OCC2CC3CCC2C3)c1. The average molecular weight is 281 g/mol. The Hall–Kier alpha value is -0.500. The lowest BCUT2D eigenvalue weighted by Gasteiger charge is -2.21. The summed E-state index contributed by atoms with van der Waals surface area (Å²) in [6.45, 7) is 0.914. The summed E-state index contributed by atoms with van der Waals surface area (Å²) in [4.78, 5) is 0. The van der Waals surface area contributed by atoms with Crippen molar-refractivity contribution in [3.63, 3.8) is 0 Å². The van der Waals surface area contributed by atoms with Gasteiger partial charge >= 0.3 is 0 Å². The summed E-state index contributed by atoms with van der Waals surface area (Å²) in [5.74, 6) is 3.79. The Balaban J connectivity index is 1.57. The van der Waals surface area contributed by atoms with Crippen LogP contribution in [0.5, 0.6) is 5.75 Å². The summed E-state index contributed by atoms with van der Waals surface area (Å²) >= 11 is 3.47. The average Bonchev–Trinajstić information content (AvgIpc) is 2.88. The van der Waals surface area contributed by atoms with Crippen LogP contribution in [0.3, 0.4) is 0 Å². The van der Waals surface area contributed by atoms with Gasteiger partial charge < -0.3 is 4.74 Å². The second kappa shape index (κ2) is 4.40. The molecule has 3 atom stereocenters. The molecule has 0 aliphatic heterocycles. The molecule has 1 aromatic rings. The summed E-state index contributed by atoms with van der Waals surface area (Å²) in [6.07, 6.45) is 5.78. The zero-order valence-electron chi connectivity index (χ0n) is 9.36. The molecule has 1 nitrogen and oxygen atoms in total. The van der Waals surface area contributed by atoms with Crippen molar-refractivity contribution in [1.82, 2.24) is 0 Å². The third-order valence-corrected chi connectivity index (χ3v) is 4.64. The maximum atomic E-state index is 5.89. The van der Waals surface area contributed by atoms with E-state index in [4.69, 9.17) is 4.74 Å². The van der Waals surface area contributed by atoms with Crippen molar-refractivity contribution >= 4 is 15.9 Å². The van der Waals surface area contributed by atoms with Crippen molar-refractivity contribution in [2.24, 2.45) is 17.8 Å². The Bertz CT molecular complexity index is 377. The first kappa shape index (κ1) is 10.6. The smallest absolute Gasteiger partial charge is 0.120 e. The minimum atomic E-state index is 0.817. The Morgan fingerprint density at radius 3 is 2.88 bits per heavy atom. The quantitative estimate of drug-likeness (QED) is 0.804. The van der Waals surface area contributed by atoms with Gasteiger partial charge in [0, 0.05) is 4.47 Å². The van der Waals surface area contributed by atoms with Gasteiger partial charge in [0.25, 0.3) is 0 Å². The maximum absolute atomic E-state index is 5.89. The van der Waals surface area contributed by atoms with Crippen molar-refractivity contribution in [2.45, 2.75) is 25.7 Å². The fourth-order valence-corrected chi connectivity index (χ4v) is 3.72. The van der Waals surface area contributed by atoms with E-state index in [2.05, 4.69) is 15.9 Å². The second-order valence-corrected chi connectivity index (χ2v) is 6.12. The maximum Gasteiger partial charge on any atom is 0.120 e. The van der Waals surface area contributed by atoms with Crippen molar-refractivity contribution in [3.8, 4) is 5.75 Å². The first-order valence-electron chi connectivity index (χ1n) is 6.19. The highest BCUT2D eigenvalue weighted by Gasteiger charge is 2.39. The Labute approximate surface area is 105 Å². The molecule has 3 rings (SSSR count). The van der Waals surface area contributed by atoms with Crippen LogP contribution < -0.4 is 4.74 Å². The highest BCUT2D eigenvalue weighted by Crippen LogP contribution is 2.48. The Kier molecular flexibility index (Phi) is 2.93. The Morgan fingerprint density at radius 2 is 2.19 bits per heavy atom. The van der Waals surface area contributed by atoms with Crippen LogP contribution in [0.4, 0.5) is 0 Å². The molecule has 3 unspecified atom stereocenters. The standard InChI is InChI=1S/C14H17BrO/c15-13-2-1-3-14(8-13)16-9-12-7-10-4-5-11(12)6-10/h1-3,8,10-12H,4-7,9H2. The van der Waals surface area contributed by atoms with Gasteiger partial charge in [-0.3, -0.25) is 0 Å². The fraction of sp³-hybridized carbons (Fsp3) is 0.571. The van der Waals surface area contributed by atoms with Crippen molar-refractivity contribution in [3.05, 3.63) is 28.7 Å². The normalized spacial score (nSPS) is 31.9. The number of halogens is 1. The summed E-state index contributed by atoms with van der Waals surface area (Å²) in [6, 6.07) is 8.15. The van der Waals surface area contributed by atoms with Gasteiger partial charge in [0.05, 0.1) is 6.61 Å². The molecular weight excluding hydrogens is 264 g/mol. The lowest BCUT2D eigenvalue weighted by molar-refractivity contribution is 0.195. The van der Waals surface area contributed by atoms with E-state index in [9.17, 15) is 0 Å². The molecule has 0 saturated heterocycles. The molecule has 0 radical (unpaired) electrons. The van der Waals surface area contributed by atoms with E-state index in [0.717, 1.165) is 34.6 Å². The van der Waals surface area contributed by atoms with E-state index in [1.54, 1.807) is 0 Å². The summed E-state index contributed by atoms with van der Waals surface area (Å²) in [5, 5.41) is 0. The summed E-state index contributed by atoms with van der Waals surface area (Å²) in [5.41, 5.74) is 0. The molecule has 0 heterocycles. The topological polar surface area (TPSA) is 9.23 Å². The van der Waals surface area contributed by atoms with E-state index in [0.29, 0.717) is 0 Å². The van der Waals surface area contributed by atoms with Gasteiger partial charge in [-0.15, -0.1) is 0 Å². The number of hydrogen-bond donors (Lipinski definition) is 0. The van der Waals surface area contributed by atoms with Crippen LogP contribution in [0.15, 0.2) is 28.7 Å². The lowest BCUT2D eigenvalue weighted by Crippen LogP contribution is -2.18. The molecule has 0 N–H and O–H groups in total. The van der Waals surface area contributed by atoms with Gasteiger partial charge in [-0.2, -0.15) is 0 Å². The molecule has 2 heteroatoms. The van der Waals surface area contributed by atoms with Crippen LogP contribution in [0.25, 0.3) is 0 Å². The van der Waals surface area contributed by atoms with Gasteiger partial charge in [0.2, 0.25) is 0 Å². The number of benzene rings is 1. The zero-order chi connectivity index (χ0) is 11.0. The second-order valence-electron chi connectivity index (χ2n) is 5.20. The molecule has 1 aromatic carbocycles. The number of rotatable bonds is 3. The van der Waals surface area contributed by atoms with Crippen LogP contribution >= 0.6 is 15.9 Å². The Morgan fingerprint density at radius 1 is 1.25 bits per heavy atom. The molecular formula is C14H17BrO. The molecule has 16 heavy (non-hydrogen) atoms. The van der Waals surface area contributed by atoms with E-state index in [1.165, 1.54) is 25.7 Å². The van der Waals surface area contributed by atoms with E-state index in [-0.39, 0.29) is 0 Å².